The number of hydroxylamine groups is 1. The number of quaternary nitrogens is 1. The molecule has 0 bridgehead atoms. The molecule has 2 rings (SSSR count). The number of ether oxygens (including phenoxy) is 1. The van der Waals surface area contributed by atoms with Crippen molar-refractivity contribution in [1.29, 1.82) is 0 Å². The fourth-order valence-corrected chi connectivity index (χ4v) is 2.85. The third-order valence-electron chi connectivity index (χ3n) is 2.85. The topological polar surface area (TPSA) is 63.0 Å². The van der Waals surface area contributed by atoms with Crippen molar-refractivity contribution >= 4 is 7.52 Å². The summed E-state index contributed by atoms with van der Waals surface area (Å²) in [5.41, 5.74) is 0.951. The lowest BCUT2D eigenvalue weighted by atomic mass is 10.2. The SMILES string of the molecule is C[NH+]([O-])P(=O)(COCc1ccccc1)Oc1ccccc1. The Kier molecular flexibility index (Phi) is 5.53. The van der Waals surface area contributed by atoms with Crippen molar-refractivity contribution in [2.24, 2.45) is 0 Å². The number of hydrogen-bond donors (Lipinski definition) is 1. The van der Waals surface area contributed by atoms with E-state index in [9.17, 15) is 9.77 Å². The van der Waals surface area contributed by atoms with E-state index in [1.165, 1.54) is 7.05 Å². The second-order valence-electron chi connectivity index (χ2n) is 4.56. The zero-order chi connectivity index (χ0) is 15.1. The van der Waals surface area contributed by atoms with Gasteiger partial charge in [0.25, 0.3) is 0 Å². The van der Waals surface area contributed by atoms with Crippen molar-refractivity contribution in [2.75, 3.05) is 13.4 Å². The highest BCUT2D eigenvalue weighted by atomic mass is 31.2. The van der Waals surface area contributed by atoms with Gasteiger partial charge in [-0.15, -0.1) is 0 Å². The van der Waals surface area contributed by atoms with Crippen LogP contribution in [0.5, 0.6) is 5.75 Å². The molecule has 2 atom stereocenters. The van der Waals surface area contributed by atoms with E-state index >= 15 is 0 Å². The fourth-order valence-electron chi connectivity index (χ4n) is 1.69. The first-order valence-electron chi connectivity index (χ1n) is 6.57. The van der Waals surface area contributed by atoms with Gasteiger partial charge in [0.05, 0.1) is 13.7 Å². The summed E-state index contributed by atoms with van der Waals surface area (Å²) in [6.07, 6.45) is -0.230. The maximum atomic E-state index is 12.6. The van der Waals surface area contributed by atoms with Crippen LogP contribution in [0.1, 0.15) is 5.56 Å². The van der Waals surface area contributed by atoms with Crippen molar-refractivity contribution in [3.05, 3.63) is 71.4 Å². The van der Waals surface area contributed by atoms with E-state index in [0.29, 0.717) is 5.75 Å². The van der Waals surface area contributed by atoms with Gasteiger partial charge in [0, 0.05) is 0 Å². The maximum absolute atomic E-state index is 12.6. The molecule has 5 nitrogen and oxygen atoms in total. The van der Waals surface area contributed by atoms with E-state index in [1.807, 2.05) is 36.4 Å². The zero-order valence-electron chi connectivity index (χ0n) is 11.8. The van der Waals surface area contributed by atoms with Gasteiger partial charge in [0.1, 0.15) is 5.75 Å². The number of rotatable bonds is 7. The summed E-state index contributed by atoms with van der Waals surface area (Å²) in [4.78, 5) is -0.501. The lowest BCUT2D eigenvalue weighted by molar-refractivity contribution is -0.695. The van der Waals surface area contributed by atoms with Gasteiger partial charge in [-0.1, -0.05) is 48.5 Å². The maximum Gasteiger partial charge on any atom is 0.455 e. The Morgan fingerprint density at radius 3 is 2.19 bits per heavy atom. The fraction of sp³-hybridized carbons (Fsp3) is 0.200. The summed E-state index contributed by atoms with van der Waals surface area (Å²) in [5.74, 6) is 0.402. The Bertz CT molecular complexity index is 589. The highest BCUT2D eigenvalue weighted by molar-refractivity contribution is 7.52. The van der Waals surface area contributed by atoms with Gasteiger partial charge in [0.15, 0.2) is 6.35 Å². The van der Waals surface area contributed by atoms with Gasteiger partial charge in [-0.05, 0) is 17.7 Å². The van der Waals surface area contributed by atoms with Crippen LogP contribution in [-0.2, 0) is 15.9 Å². The summed E-state index contributed by atoms with van der Waals surface area (Å²) in [7, 11) is -2.25. The Morgan fingerprint density at radius 1 is 1.05 bits per heavy atom. The highest BCUT2D eigenvalue weighted by Gasteiger charge is 2.31. The molecule has 2 aromatic rings. The second kappa shape index (κ2) is 7.38. The van der Waals surface area contributed by atoms with Crippen molar-refractivity contribution in [3.63, 3.8) is 0 Å². The van der Waals surface area contributed by atoms with E-state index in [4.69, 9.17) is 9.26 Å². The minimum absolute atomic E-state index is 0.230. The second-order valence-corrected chi connectivity index (χ2v) is 6.98. The van der Waals surface area contributed by atoms with Crippen LogP contribution in [-0.4, -0.2) is 13.4 Å². The van der Waals surface area contributed by atoms with Gasteiger partial charge in [-0.25, -0.2) is 4.57 Å². The van der Waals surface area contributed by atoms with Crippen molar-refractivity contribution in [2.45, 2.75) is 6.61 Å². The largest absolute Gasteiger partial charge is 0.629 e. The molecule has 0 fully saturated rings. The molecule has 2 unspecified atom stereocenters. The lowest BCUT2D eigenvalue weighted by Gasteiger charge is -2.26. The average Bonchev–Trinajstić information content (AvgIpc) is 2.49. The van der Waals surface area contributed by atoms with Crippen LogP contribution in [0.3, 0.4) is 0 Å². The smallest absolute Gasteiger partial charge is 0.455 e. The van der Waals surface area contributed by atoms with Gasteiger partial charge in [0.2, 0.25) is 0 Å². The lowest BCUT2D eigenvalue weighted by Crippen LogP contribution is -2.99. The van der Waals surface area contributed by atoms with E-state index < -0.39 is 12.4 Å². The summed E-state index contributed by atoms with van der Waals surface area (Å²) >= 11 is 0. The van der Waals surface area contributed by atoms with E-state index in [-0.39, 0.29) is 13.0 Å². The first-order chi connectivity index (χ1) is 10.1. The van der Waals surface area contributed by atoms with Crippen LogP contribution in [0.4, 0.5) is 0 Å². The van der Waals surface area contributed by atoms with Crippen LogP contribution >= 0.6 is 7.52 Å². The summed E-state index contributed by atoms with van der Waals surface area (Å²) in [6.45, 7) is 0.288. The summed E-state index contributed by atoms with van der Waals surface area (Å²) < 4.78 is 23.4. The molecule has 0 aliphatic rings. The molecule has 2 aromatic carbocycles. The summed E-state index contributed by atoms with van der Waals surface area (Å²) in [6, 6.07) is 18.1. The first-order valence-corrected chi connectivity index (χ1v) is 8.38. The predicted octanol–water partition coefficient (Wildman–Crippen LogP) is 2.45. The molecule has 0 radical (unpaired) electrons. The van der Waals surface area contributed by atoms with Gasteiger partial charge >= 0.3 is 7.52 Å². The quantitative estimate of drug-likeness (QED) is 0.630. The van der Waals surface area contributed by atoms with Crippen LogP contribution in [0.2, 0.25) is 0 Å². The monoisotopic (exact) mass is 307 g/mol. The molecular weight excluding hydrogens is 289 g/mol. The highest BCUT2D eigenvalue weighted by Crippen LogP contribution is 2.38. The molecule has 6 heteroatoms. The number of para-hydroxylation sites is 1. The van der Waals surface area contributed by atoms with Gasteiger partial charge in [-0.2, -0.15) is 0 Å². The Labute approximate surface area is 124 Å². The first kappa shape index (κ1) is 15.7. The Morgan fingerprint density at radius 2 is 1.62 bits per heavy atom. The molecule has 1 N–H and O–H groups in total. The minimum atomic E-state index is -3.51. The molecule has 0 saturated carbocycles. The average molecular weight is 307 g/mol. The Hall–Kier alpha value is -1.65. The molecule has 0 heterocycles. The minimum Gasteiger partial charge on any atom is -0.629 e. The van der Waals surface area contributed by atoms with Crippen LogP contribution in [0.15, 0.2) is 60.7 Å². The zero-order valence-corrected chi connectivity index (χ0v) is 12.7. The number of benzene rings is 2. The van der Waals surface area contributed by atoms with E-state index in [1.54, 1.807) is 24.3 Å². The molecular formula is C15H18NO4P. The molecule has 0 aliphatic carbocycles. The van der Waals surface area contributed by atoms with Crippen LogP contribution in [0.25, 0.3) is 0 Å². The Balaban J connectivity index is 1.97. The van der Waals surface area contributed by atoms with Gasteiger partial charge < -0.3 is 19.3 Å². The van der Waals surface area contributed by atoms with Crippen molar-refractivity contribution in [3.8, 4) is 5.75 Å². The molecule has 0 aliphatic heterocycles. The molecule has 21 heavy (non-hydrogen) atoms. The van der Waals surface area contributed by atoms with Crippen molar-refractivity contribution < 1.29 is 18.7 Å². The molecule has 0 saturated heterocycles. The summed E-state index contributed by atoms with van der Waals surface area (Å²) in [5, 5.41) is 11.6. The van der Waals surface area contributed by atoms with Gasteiger partial charge in [-0.3, -0.25) is 0 Å². The molecule has 0 aromatic heterocycles. The molecule has 112 valence electrons. The number of hydrogen-bond acceptors (Lipinski definition) is 4. The van der Waals surface area contributed by atoms with E-state index in [2.05, 4.69) is 0 Å². The van der Waals surface area contributed by atoms with Crippen molar-refractivity contribution in [1.82, 2.24) is 0 Å². The third-order valence-corrected chi connectivity index (χ3v) is 4.84. The normalized spacial score (nSPS) is 15.1. The number of nitrogens with one attached hydrogen (secondary N) is 1. The van der Waals surface area contributed by atoms with Crippen LogP contribution < -0.4 is 9.36 Å². The van der Waals surface area contributed by atoms with Crippen LogP contribution in [0, 0.1) is 5.21 Å². The third kappa shape index (κ3) is 4.69. The van der Waals surface area contributed by atoms with E-state index in [0.717, 1.165) is 5.56 Å². The standard InChI is InChI=1S/C15H18NO4P/c1-16(17)21(18,20-15-10-6-3-7-11-15)13-19-12-14-8-4-2-5-9-14/h2-11,16H,12-13H2,1H3. The molecule has 0 spiro atoms. The predicted molar refractivity (Wildman–Crippen MR) is 81.0 cm³/mol. The molecule has 0 amide bonds.